The van der Waals surface area contributed by atoms with Gasteiger partial charge in [-0.3, -0.25) is 4.79 Å². The molecule has 0 amide bonds. The summed E-state index contributed by atoms with van der Waals surface area (Å²) in [6.45, 7) is 9.34. The van der Waals surface area contributed by atoms with Crippen molar-refractivity contribution in [1.29, 1.82) is 0 Å². The van der Waals surface area contributed by atoms with E-state index in [1.807, 2.05) is 0 Å². The van der Waals surface area contributed by atoms with Crippen molar-refractivity contribution >= 4 is 23.9 Å². The van der Waals surface area contributed by atoms with Gasteiger partial charge in [-0.25, -0.2) is 14.4 Å². The molecular formula is C25H31NO8. The zero-order valence-electron chi connectivity index (χ0n) is 20.4. The van der Waals surface area contributed by atoms with Gasteiger partial charge in [0, 0.05) is 36.3 Å². The zero-order valence-corrected chi connectivity index (χ0v) is 20.4. The van der Waals surface area contributed by atoms with Gasteiger partial charge < -0.3 is 23.5 Å². The first-order valence-corrected chi connectivity index (χ1v) is 11.0. The lowest BCUT2D eigenvalue weighted by Crippen LogP contribution is -2.16. The van der Waals surface area contributed by atoms with Crippen molar-refractivity contribution in [3.8, 4) is 0 Å². The normalized spacial score (nSPS) is 18.2. The number of esters is 4. The van der Waals surface area contributed by atoms with Crippen LogP contribution in [0, 0.1) is 0 Å². The van der Waals surface area contributed by atoms with E-state index in [0.717, 1.165) is 0 Å². The molecule has 0 fully saturated rings. The molecule has 0 saturated carbocycles. The Labute approximate surface area is 199 Å². The Balaban J connectivity index is 2.14. The van der Waals surface area contributed by atoms with Crippen molar-refractivity contribution in [2.75, 3.05) is 6.61 Å². The van der Waals surface area contributed by atoms with E-state index in [1.165, 1.54) is 13.0 Å². The van der Waals surface area contributed by atoms with Gasteiger partial charge in [0.1, 0.15) is 19.3 Å². The maximum absolute atomic E-state index is 12.6. The van der Waals surface area contributed by atoms with Crippen LogP contribution in [0.2, 0.25) is 0 Å². The lowest BCUT2D eigenvalue weighted by molar-refractivity contribution is -0.153. The summed E-state index contributed by atoms with van der Waals surface area (Å²) in [7, 11) is 0. The van der Waals surface area contributed by atoms with Gasteiger partial charge in [-0.05, 0) is 40.7 Å². The molecule has 0 bridgehead atoms. The number of rotatable bonds is 9. The molecule has 0 aliphatic carbocycles. The van der Waals surface area contributed by atoms with Gasteiger partial charge in [-0.15, -0.1) is 0 Å². The SMILES string of the molecule is C/C=C(/COC(=O)/C(C)=C/C)C(=O)OCc1ccn2c1[C@H](OC(=O)/C(C)=C/C)C[C@@H]2OC(C)=O. The van der Waals surface area contributed by atoms with E-state index in [1.54, 1.807) is 63.6 Å². The Morgan fingerprint density at radius 3 is 2.15 bits per heavy atom. The molecule has 9 heteroatoms. The summed E-state index contributed by atoms with van der Waals surface area (Å²) in [5, 5.41) is 0. The quantitative estimate of drug-likeness (QED) is 0.301. The number of allylic oxidation sites excluding steroid dienone is 3. The highest BCUT2D eigenvalue weighted by Crippen LogP contribution is 2.41. The Morgan fingerprint density at radius 1 is 0.912 bits per heavy atom. The minimum atomic E-state index is -0.679. The average molecular weight is 474 g/mol. The maximum Gasteiger partial charge on any atom is 0.337 e. The molecule has 2 heterocycles. The summed E-state index contributed by atoms with van der Waals surface area (Å²) in [6, 6.07) is 1.71. The van der Waals surface area contributed by atoms with Crippen molar-refractivity contribution in [3.63, 3.8) is 0 Å². The summed E-state index contributed by atoms with van der Waals surface area (Å²) < 4.78 is 23.3. The number of carbonyl (C=O) groups is 4. The van der Waals surface area contributed by atoms with Crippen molar-refractivity contribution < 1.29 is 38.1 Å². The maximum atomic E-state index is 12.6. The van der Waals surface area contributed by atoms with Crippen LogP contribution in [0.25, 0.3) is 0 Å². The number of nitrogens with zero attached hydrogens (tertiary/aromatic N) is 1. The minimum Gasteiger partial charge on any atom is -0.457 e. The van der Waals surface area contributed by atoms with E-state index in [0.29, 0.717) is 22.4 Å². The van der Waals surface area contributed by atoms with E-state index in [4.69, 9.17) is 18.9 Å². The second kappa shape index (κ2) is 12.0. The van der Waals surface area contributed by atoms with E-state index < -0.39 is 36.2 Å². The molecule has 9 nitrogen and oxygen atoms in total. The second-order valence-corrected chi connectivity index (χ2v) is 7.74. The predicted molar refractivity (Wildman–Crippen MR) is 122 cm³/mol. The highest BCUT2D eigenvalue weighted by atomic mass is 16.6. The largest absolute Gasteiger partial charge is 0.457 e. The van der Waals surface area contributed by atoms with E-state index >= 15 is 0 Å². The van der Waals surface area contributed by atoms with Crippen LogP contribution in [-0.4, -0.2) is 35.1 Å². The fraction of sp³-hybridized carbons (Fsp3) is 0.440. The Bertz CT molecular complexity index is 1040. The number of aromatic nitrogens is 1. The molecule has 1 aliphatic rings. The van der Waals surface area contributed by atoms with Crippen LogP contribution in [0.3, 0.4) is 0 Å². The molecule has 1 aliphatic heterocycles. The molecule has 34 heavy (non-hydrogen) atoms. The summed E-state index contributed by atoms with van der Waals surface area (Å²) in [5.41, 5.74) is 2.27. The van der Waals surface area contributed by atoms with Crippen LogP contribution >= 0.6 is 0 Å². The first-order valence-electron chi connectivity index (χ1n) is 11.0. The van der Waals surface area contributed by atoms with Crippen molar-refractivity contribution in [2.24, 2.45) is 0 Å². The summed E-state index contributed by atoms with van der Waals surface area (Å²) in [4.78, 5) is 48.3. The van der Waals surface area contributed by atoms with Gasteiger partial charge in [0.2, 0.25) is 0 Å². The Kier molecular flexibility index (Phi) is 9.41. The summed E-state index contributed by atoms with van der Waals surface area (Å²) >= 11 is 0. The molecule has 184 valence electrons. The van der Waals surface area contributed by atoms with E-state index in [-0.39, 0.29) is 25.2 Å². The predicted octanol–water partition coefficient (Wildman–Crippen LogP) is 4.00. The third-order valence-corrected chi connectivity index (χ3v) is 5.46. The minimum absolute atomic E-state index is 0.107. The molecule has 0 aromatic carbocycles. The van der Waals surface area contributed by atoms with Crippen LogP contribution < -0.4 is 0 Å². The first kappa shape index (κ1) is 26.6. The number of fused-ring (bicyclic) bond motifs is 1. The zero-order chi connectivity index (χ0) is 25.4. The molecule has 1 aromatic rings. The highest BCUT2D eigenvalue weighted by Gasteiger charge is 2.37. The summed E-state index contributed by atoms with van der Waals surface area (Å²) in [6.07, 6.45) is 5.41. The van der Waals surface area contributed by atoms with E-state index in [9.17, 15) is 19.2 Å². The lowest BCUT2D eigenvalue weighted by Gasteiger charge is -2.15. The monoisotopic (exact) mass is 473 g/mol. The smallest absolute Gasteiger partial charge is 0.337 e. The highest BCUT2D eigenvalue weighted by molar-refractivity contribution is 5.91. The van der Waals surface area contributed by atoms with Crippen molar-refractivity contribution in [1.82, 2.24) is 4.57 Å². The van der Waals surface area contributed by atoms with Crippen molar-refractivity contribution in [3.05, 3.63) is 58.5 Å². The topological polar surface area (TPSA) is 110 Å². The average Bonchev–Trinajstić information content (AvgIpc) is 3.37. The fourth-order valence-electron chi connectivity index (χ4n) is 3.27. The number of carbonyl (C=O) groups excluding carboxylic acids is 4. The number of hydrogen-bond donors (Lipinski definition) is 0. The first-order chi connectivity index (χ1) is 16.1. The molecule has 0 spiro atoms. The molecule has 2 atom stereocenters. The molecule has 0 N–H and O–H groups in total. The molecule has 1 aromatic heterocycles. The summed E-state index contributed by atoms with van der Waals surface area (Å²) in [5.74, 6) is -2.10. The van der Waals surface area contributed by atoms with Crippen LogP contribution in [0.15, 0.2) is 47.2 Å². The molecule has 0 saturated heterocycles. The third-order valence-electron chi connectivity index (χ3n) is 5.46. The van der Waals surface area contributed by atoms with Gasteiger partial charge in [0.15, 0.2) is 6.23 Å². The van der Waals surface area contributed by atoms with Gasteiger partial charge in [0.25, 0.3) is 0 Å². The van der Waals surface area contributed by atoms with E-state index in [2.05, 4.69) is 0 Å². The van der Waals surface area contributed by atoms with Gasteiger partial charge >= 0.3 is 23.9 Å². The molecule has 2 rings (SSSR count). The fourth-order valence-corrected chi connectivity index (χ4v) is 3.27. The molecular weight excluding hydrogens is 442 g/mol. The lowest BCUT2D eigenvalue weighted by atomic mass is 10.1. The van der Waals surface area contributed by atoms with Crippen LogP contribution in [-0.2, 0) is 44.7 Å². The third kappa shape index (κ3) is 6.46. The molecule has 0 radical (unpaired) electrons. The molecule has 0 unspecified atom stereocenters. The number of ether oxygens (including phenoxy) is 4. The van der Waals surface area contributed by atoms with Gasteiger partial charge in [-0.1, -0.05) is 18.2 Å². The number of hydrogen-bond acceptors (Lipinski definition) is 8. The Hall–Kier alpha value is -3.62. The van der Waals surface area contributed by atoms with Crippen molar-refractivity contribution in [2.45, 2.75) is 66.9 Å². The van der Waals surface area contributed by atoms with Gasteiger partial charge in [-0.2, -0.15) is 0 Å². The standard InChI is InChI=1S/C25H31NO8/c1-7-15(4)23(28)31-13-18(9-3)25(30)32-14-19-10-11-26-21(33-17(6)27)12-20(22(19)26)34-24(29)16(5)8-2/h7-11,20-21H,12-14H2,1-6H3/b15-7+,16-8+,18-9-/t20-,21+/m1/s1. The second-order valence-electron chi connectivity index (χ2n) is 7.74. The van der Waals surface area contributed by atoms with Crippen LogP contribution in [0.5, 0.6) is 0 Å². The van der Waals surface area contributed by atoms with Crippen LogP contribution in [0.1, 0.15) is 71.6 Å². The Morgan fingerprint density at radius 2 is 1.56 bits per heavy atom. The van der Waals surface area contributed by atoms with Crippen LogP contribution in [0.4, 0.5) is 0 Å². The van der Waals surface area contributed by atoms with Gasteiger partial charge in [0.05, 0.1) is 11.3 Å².